The highest BCUT2D eigenvalue weighted by Crippen LogP contribution is 2.37. The molecule has 0 radical (unpaired) electrons. The smallest absolute Gasteiger partial charge is 0.151 e. The zero-order valence-corrected chi connectivity index (χ0v) is 20.0. The van der Waals surface area contributed by atoms with Crippen molar-refractivity contribution < 1.29 is 4.74 Å². The van der Waals surface area contributed by atoms with E-state index in [0.29, 0.717) is 0 Å². The molecule has 0 fully saturated rings. The Kier molecular flexibility index (Phi) is 5.72. The van der Waals surface area contributed by atoms with E-state index in [4.69, 9.17) is 4.74 Å². The third-order valence-corrected chi connectivity index (χ3v) is 6.43. The summed E-state index contributed by atoms with van der Waals surface area (Å²) in [6, 6.07) is 43.6. The second-order valence-corrected chi connectivity index (χ2v) is 8.88. The lowest BCUT2D eigenvalue weighted by Gasteiger charge is -2.17. The number of aryl methyl sites for hydroxylation is 1. The highest BCUT2D eigenvalue weighted by atomic mass is 16.5. The van der Waals surface area contributed by atoms with E-state index < -0.39 is 0 Å². The van der Waals surface area contributed by atoms with E-state index in [9.17, 15) is 0 Å². The summed E-state index contributed by atoms with van der Waals surface area (Å²) in [6.45, 7) is 2.09. The predicted octanol–water partition coefficient (Wildman–Crippen LogP) is 9.58. The first-order valence-electron chi connectivity index (χ1n) is 12.1. The van der Waals surface area contributed by atoms with Gasteiger partial charge in [-0.15, -0.1) is 0 Å². The number of hydrogen-bond donors (Lipinski definition) is 2. The molecule has 0 aliphatic heterocycles. The van der Waals surface area contributed by atoms with Gasteiger partial charge in [-0.3, -0.25) is 0 Å². The molecule has 174 valence electrons. The fourth-order valence-electron chi connectivity index (χ4n) is 4.58. The van der Waals surface area contributed by atoms with Gasteiger partial charge in [0.05, 0.1) is 5.69 Å². The average molecular weight is 467 g/mol. The van der Waals surface area contributed by atoms with Crippen LogP contribution in [0.4, 0.5) is 22.7 Å². The molecule has 3 nitrogen and oxygen atoms in total. The van der Waals surface area contributed by atoms with E-state index in [-0.39, 0.29) is 0 Å². The van der Waals surface area contributed by atoms with Gasteiger partial charge in [-0.25, -0.2) is 0 Å². The zero-order valence-electron chi connectivity index (χ0n) is 20.0. The first-order chi connectivity index (χ1) is 17.7. The molecule has 0 spiro atoms. The normalized spacial score (nSPS) is 10.9. The second kappa shape index (κ2) is 9.47. The van der Waals surface area contributed by atoms with E-state index in [2.05, 4.69) is 109 Å². The molecule has 0 saturated heterocycles. The van der Waals surface area contributed by atoms with Gasteiger partial charge in [0.2, 0.25) is 0 Å². The number of anilines is 4. The third kappa shape index (κ3) is 4.35. The molecular formula is C33H26N2O. The highest BCUT2D eigenvalue weighted by molar-refractivity contribution is 5.96. The molecule has 3 heteroatoms. The highest BCUT2D eigenvalue weighted by Gasteiger charge is 2.11. The number of fused-ring (bicyclic) bond motifs is 2. The predicted molar refractivity (Wildman–Crippen MR) is 152 cm³/mol. The van der Waals surface area contributed by atoms with Gasteiger partial charge >= 0.3 is 0 Å². The minimum absolute atomic E-state index is 0.782. The minimum atomic E-state index is 0.782. The Morgan fingerprint density at radius 2 is 1.06 bits per heavy atom. The summed E-state index contributed by atoms with van der Waals surface area (Å²) >= 11 is 0. The van der Waals surface area contributed by atoms with Gasteiger partial charge in [-0.2, -0.15) is 0 Å². The van der Waals surface area contributed by atoms with Gasteiger partial charge in [0.1, 0.15) is 5.75 Å². The molecule has 0 amide bonds. The van der Waals surface area contributed by atoms with Gasteiger partial charge in [-0.1, -0.05) is 84.9 Å². The van der Waals surface area contributed by atoms with Gasteiger partial charge in [0.25, 0.3) is 0 Å². The van der Waals surface area contributed by atoms with Crippen molar-refractivity contribution in [2.75, 3.05) is 10.6 Å². The Labute approximate surface area is 211 Å². The van der Waals surface area contributed by atoms with Crippen molar-refractivity contribution in [2.24, 2.45) is 0 Å². The Bertz CT molecular complexity index is 1660. The van der Waals surface area contributed by atoms with Crippen LogP contribution in [-0.4, -0.2) is 0 Å². The third-order valence-electron chi connectivity index (χ3n) is 6.43. The monoisotopic (exact) mass is 466 g/mol. The molecular weight excluding hydrogens is 440 g/mol. The number of ether oxygens (including phenoxy) is 1. The van der Waals surface area contributed by atoms with Gasteiger partial charge in [0.15, 0.2) is 5.75 Å². The van der Waals surface area contributed by atoms with Crippen LogP contribution in [0.1, 0.15) is 5.56 Å². The van der Waals surface area contributed by atoms with Crippen LogP contribution in [0.5, 0.6) is 11.5 Å². The molecule has 6 rings (SSSR count). The standard InChI is InChI=1S/C33H26N2O/c1-23-9-6-18-32(33(23)35-31-17-8-13-25-11-3-5-15-29(25)31)36-27-21-19-26(20-22-27)34-30-16-7-12-24-10-2-4-14-28(24)30/h2-22,34-35H,1H3. The molecule has 2 N–H and O–H groups in total. The Hall–Kier alpha value is -4.76. The van der Waals surface area contributed by atoms with Crippen molar-refractivity contribution in [3.8, 4) is 11.5 Å². The molecule has 0 saturated carbocycles. The number of hydrogen-bond acceptors (Lipinski definition) is 3. The molecule has 0 aliphatic carbocycles. The molecule has 6 aromatic carbocycles. The van der Waals surface area contributed by atoms with E-state index in [0.717, 1.165) is 39.8 Å². The number of rotatable bonds is 6. The van der Waals surface area contributed by atoms with Gasteiger partial charge in [0, 0.05) is 27.8 Å². The van der Waals surface area contributed by atoms with Crippen LogP contribution in [0.15, 0.2) is 127 Å². The summed E-state index contributed by atoms with van der Waals surface area (Å²) in [7, 11) is 0. The summed E-state index contributed by atoms with van der Waals surface area (Å²) in [6.07, 6.45) is 0. The van der Waals surface area contributed by atoms with Crippen LogP contribution in [0.2, 0.25) is 0 Å². The fraction of sp³-hybridized carbons (Fsp3) is 0.0303. The van der Waals surface area contributed by atoms with Crippen molar-refractivity contribution in [2.45, 2.75) is 6.92 Å². The molecule has 0 heterocycles. The maximum absolute atomic E-state index is 6.36. The van der Waals surface area contributed by atoms with Gasteiger partial charge in [-0.05, 0) is 65.7 Å². The van der Waals surface area contributed by atoms with Crippen LogP contribution in [0, 0.1) is 6.92 Å². The average Bonchev–Trinajstić information content (AvgIpc) is 2.92. The molecule has 0 aromatic heterocycles. The first-order valence-corrected chi connectivity index (χ1v) is 12.1. The molecule has 0 unspecified atom stereocenters. The van der Waals surface area contributed by atoms with Crippen LogP contribution in [-0.2, 0) is 0 Å². The van der Waals surface area contributed by atoms with E-state index in [1.165, 1.54) is 21.5 Å². The van der Waals surface area contributed by atoms with Crippen LogP contribution < -0.4 is 15.4 Å². The van der Waals surface area contributed by atoms with Crippen LogP contribution >= 0.6 is 0 Å². The second-order valence-electron chi connectivity index (χ2n) is 8.88. The quantitative estimate of drug-likeness (QED) is 0.256. The number of nitrogens with one attached hydrogen (secondary N) is 2. The maximum atomic E-state index is 6.36. The van der Waals surface area contributed by atoms with Crippen molar-refractivity contribution in [3.63, 3.8) is 0 Å². The largest absolute Gasteiger partial charge is 0.455 e. The molecule has 0 bridgehead atoms. The van der Waals surface area contributed by atoms with E-state index in [1.807, 2.05) is 36.4 Å². The van der Waals surface area contributed by atoms with E-state index >= 15 is 0 Å². The maximum Gasteiger partial charge on any atom is 0.151 e. The van der Waals surface area contributed by atoms with Crippen molar-refractivity contribution >= 4 is 44.3 Å². The summed E-state index contributed by atoms with van der Waals surface area (Å²) < 4.78 is 6.36. The summed E-state index contributed by atoms with van der Waals surface area (Å²) in [4.78, 5) is 0. The lowest BCUT2D eigenvalue weighted by molar-refractivity contribution is 0.484. The molecule has 0 atom stereocenters. The van der Waals surface area contributed by atoms with Crippen molar-refractivity contribution in [1.29, 1.82) is 0 Å². The number of benzene rings is 6. The molecule has 6 aromatic rings. The summed E-state index contributed by atoms with van der Waals surface area (Å²) in [5.74, 6) is 1.57. The molecule has 0 aliphatic rings. The van der Waals surface area contributed by atoms with Crippen molar-refractivity contribution in [3.05, 3.63) is 133 Å². The first kappa shape index (κ1) is 21.8. The SMILES string of the molecule is Cc1cccc(Oc2ccc(Nc3cccc4ccccc34)cc2)c1Nc1cccc2ccccc12. The Balaban J connectivity index is 1.25. The topological polar surface area (TPSA) is 33.3 Å². The lowest BCUT2D eigenvalue weighted by atomic mass is 10.1. The van der Waals surface area contributed by atoms with Crippen molar-refractivity contribution in [1.82, 2.24) is 0 Å². The number of para-hydroxylation sites is 1. The van der Waals surface area contributed by atoms with Gasteiger partial charge < -0.3 is 15.4 Å². The zero-order chi connectivity index (χ0) is 24.3. The lowest BCUT2D eigenvalue weighted by Crippen LogP contribution is -1.98. The Morgan fingerprint density at radius 1 is 0.500 bits per heavy atom. The summed E-state index contributed by atoms with van der Waals surface area (Å²) in [5, 5.41) is 12.0. The summed E-state index contributed by atoms with van der Waals surface area (Å²) in [5.41, 5.74) is 5.24. The van der Waals surface area contributed by atoms with Crippen LogP contribution in [0.25, 0.3) is 21.5 Å². The van der Waals surface area contributed by atoms with E-state index in [1.54, 1.807) is 0 Å². The Morgan fingerprint density at radius 3 is 1.72 bits per heavy atom. The fourth-order valence-corrected chi connectivity index (χ4v) is 4.58. The molecule has 36 heavy (non-hydrogen) atoms. The van der Waals surface area contributed by atoms with Crippen LogP contribution in [0.3, 0.4) is 0 Å². The minimum Gasteiger partial charge on any atom is -0.455 e.